The number of nitrogen functional groups attached to an aromatic ring is 2. The lowest BCUT2D eigenvalue weighted by Crippen LogP contribution is -2.33. The minimum atomic E-state index is -0.654. The van der Waals surface area contributed by atoms with Gasteiger partial charge in [-0.2, -0.15) is 10.5 Å². The molecule has 8 nitrogen and oxygen atoms in total. The van der Waals surface area contributed by atoms with Crippen LogP contribution in [-0.4, -0.2) is 17.2 Å². The fourth-order valence-corrected chi connectivity index (χ4v) is 3.74. The van der Waals surface area contributed by atoms with Crippen molar-refractivity contribution in [1.82, 2.24) is 10.3 Å². The second-order valence-corrected chi connectivity index (χ2v) is 6.51. The molecule has 0 saturated carbocycles. The third-order valence-electron chi connectivity index (χ3n) is 3.86. The number of benzene rings is 1. The molecule has 6 N–H and O–H groups in total. The van der Waals surface area contributed by atoms with Crippen LogP contribution in [0.25, 0.3) is 0 Å². The maximum absolute atomic E-state index is 9.36. The van der Waals surface area contributed by atoms with Crippen LogP contribution in [0.2, 0.25) is 5.02 Å². The Balaban J connectivity index is 2.33. The quantitative estimate of drug-likeness (QED) is 0.350. The van der Waals surface area contributed by atoms with E-state index in [1.54, 1.807) is 6.07 Å². The van der Waals surface area contributed by atoms with Crippen molar-refractivity contribution in [3.63, 3.8) is 0 Å². The van der Waals surface area contributed by atoms with Crippen LogP contribution in [0.1, 0.15) is 22.7 Å². The highest BCUT2D eigenvalue weighted by Gasteiger charge is 2.32. The lowest BCUT2D eigenvalue weighted by molar-refractivity contribution is 0.827. The molecule has 0 amide bonds. The Morgan fingerprint density at radius 2 is 2.08 bits per heavy atom. The number of aliphatic imine (C=N–C) groups is 1. The molecule has 3 rings (SSSR count). The summed E-state index contributed by atoms with van der Waals surface area (Å²) in [6.45, 7) is 0. The van der Waals surface area contributed by atoms with Gasteiger partial charge in [-0.1, -0.05) is 17.7 Å². The number of fused-ring (bicyclic) bond motifs is 1. The first-order valence-electron chi connectivity index (χ1n) is 7.33. The zero-order chi connectivity index (χ0) is 18.8. The Morgan fingerprint density at radius 3 is 2.73 bits per heavy atom. The number of nitrogens with zero attached hydrogens (tertiary/aromatic N) is 4. The number of guanidine groups is 1. The highest BCUT2D eigenvalue weighted by atomic mass is 35.5. The molecule has 26 heavy (non-hydrogen) atoms. The van der Waals surface area contributed by atoms with E-state index in [0.29, 0.717) is 22.0 Å². The van der Waals surface area contributed by atoms with Gasteiger partial charge in [-0.25, -0.2) is 9.98 Å². The average Bonchev–Trinajstić information content (AvgIpc) is 2.61. The molecule has 2 heterocycles. The molecular formula is C16H13ClN8S. The molecule has 1 aliphatic rings. The molecular weight excluding hydrogens is 372 g/mol. The molecule has 1 atom stereocenters. The van der Waals surface area contributed by atoms with Gasteiger partial charge < -0.3 is 16.8 Å². The second-order valence-electron chi connectivity index (χ2n) is 5.26. The van der Waals surface area contributed by atoms with Crippen LogP contribution in [0.4, 0.5) is 17.3 Å². The summed E-state index contributed by atoms with van der Waals surface area (Å²) in [5.74, 6) is 0.508. The fraction of sp³-hybridized carbons (Fsp3) is 0.125. The summed E-state index contributed by atoms with van der Waals surface area (Å²) in [6.07, 6.45) is 3.73. The van der Waals surface area contributed by atoms with Gasteiger partial charge in [0, 0.05) is 21.0 Å². The summed E-state index contributed by atoms with van der Waals surface area (Å²) >= 11 is 7.95. The summed E-state index contributed by atoms with van der Waals surface area (Å²) < 4.78 is 0. The highest BCUT2D eigenvalue weighted by Crippen LogP contribution is 2.45. The maximum atomic E-state index is 9.36. The number of anilines is 3. The van der Waals surface area contributed by atoms with E-state index in [9.17, 15) is 5.26 Å². The van der Waals surface area contributed by atoms with Gasteiger partial charge in [0.15, 0.2) is 6.19 Å². The summed E-state index contributed by atoms with van der Waals surface area (Å²) in [5, 5.41) is 24.1. The smallest absolute Gasteiger partial charge is 0.211 e. The monoisotopic (exact) mass is 384 g/mol. The number of pyridine rings is 1. The minimum absolute atomic E-state index is 0.00236. The fourth-order valence-electron chi connectivity index (χ4n) is 2.75. The van der Waals surface area contributed by atoms with Crippen LogP contribution in [0.3, 0.4) is 0 Å². The van der Waals surface area contributed by atoms with Gasteiger partial charge in [0.25, 0.3) is 0 Å². The average molecular weight is 385 g/mol. The van der Waals surface area contributed by atoms with E-state index in [4.69, 9.17) is 28.3 Å². The zero-order valence-electron chi connectivity index (χ0n) is 13.5. The Morgan fingerprint density at radius 1 is 1.31 bits per heavy atom. The predicted octanol–water partition coefficient (Wildman–Crippen LogP) is 2.43. The number of hydrogen-bond acceptors (Lipinski definition) is 9. The van der Waals surface area contributed by atoms with Crippen molar-refractivity contribution >= 4 is 46.6 Å². The minimum Gasteiger partial charge on any atom is -0.397 e. The summed E-state index contributed by atoms with van der Waals surface area (Å²) in [4.78, 5) is 9.64. The van der Waals surface area contributed by atoms with Crippen LogP contribution < -0.4 is 22.1 Å². The van der Waals surface area contributed by atoms with Crippen molar-refractivity contribution < 1.29 is 0 Å². The Labute approximate surface area is 158 Å². The van der Waals surface area contributed by atoms with Crippen LogP contribution in [0, 0.1) is 22.8 Å². The van der Waals surface area contributed by atoms with Crippen molar-refractivity contribution in [2.45, 2.75) is 10.9 Å². The predicted molar refractivity (Wildman–Crippen MR) is 103 cm³/mol. The molecule has 0 saturated heterocycles. The first-order valence-corrected chi connectivity index (χ1v) is 8.93. The SMILES string of the molecule is CSc1cccc(Cl)c1C1N=C(NC#N)Nc2nc(N)c(C#N)c(N)c21. The van der Waals surface area contributed by atoms with Crippen molar-refractivity contribution in [1.29, 1.82) is 10.5 Å². The molecule has 1 aromatic heterocycles. The molecule has 2 aromatic rings. The van der Waals surface area contributed by atoms with Gasteiger partial charge in [0.2, 0.25) is 5.96 Å². The van der Waals surface area contributed by atoms with Crippen LogP contribution in [0.5, 0.6) is 0 Å². The van der Waals surface area contributed by atoms with Crippen molar-refractivity contribution in [3.8, 4) is 12.3 Å². The van der Waals surface area contributed by atoms with Gasteiger partial charge in [0.05, 0.1) is 5.69 Å². The van der Waals surface area contributed by atoms with E-state index in [0.717, 1.165) is 4.90 Å². The first-order chi connectivity index (χ1) is 12.5. The Kier molecular flexibility index (Phi) is 4.76. The zero-order valence-corrected chi connectivity index (χ0v) is 15.1. The lowest BCUT2D eigenvalue weighted by Gasteiger charge is -2.27. The number of thioether (sulfide) groups is 1. The van der Waals surface area contributed by atoms with E-state index in [2.05, 4.69) is 20.6 Å². The largest absolute Gasteiger partial charge is 0.397 e. The molecule has 0 fully saturated rings. The van der Waals surface area contributed by atoms with E-state index in [1.165, 1.54) is 11.8 Å². The molecule has 0 bridgehead atoms. The van der Waals surface area contributed by atoms with E-state index < -0.39 is 6.04 Å². The molecule has 1 aromatic carbocycles. The lowest BCUT2D eigenvalue weighted by atomic mass is 9.95. The number of nitrogens with one attached hydrogen (secondary N) is 2. The van der Waals surface area contributed by atoms with Gasteiger partial charge in [0.1, 0.15) is 29.3 Å². The standard InChI is InChI=1S/C16H13ClN8S/c1-26-9-4-2-3-8(17)10(9)13-11-12(20)7(5-18)14(21)24-15(11)25-16(23-13)22-6-19/h2-4,13H,1H3,(H6,20,21,22,23,24,25). The number of nitriles is 2. The van der Waals surface area contributed by atoms with Gasteiger partial charge in [-0.15, -0.1) is 11.8 Å². The molecule has 0 spiro atoms. The van der Waals surface area contributed by atoms with Crippen LogP contribution in [0.15, 0.2) is 28.1 Å². The van der Waals surface area contributed by atoms with Gasteiger partial charge in [-0.05, 0) is 18.4 Å². The molecule has 0 radical (unpaired) electrons. The summed E-state index contributed by atoms with van der Waals surface area (Å²) in [6, 6.07) is 6.81. The number of nitrogens with two attached hydrogens (primary N) is 2. The molecule has 130 valence electrons. The Bertz CT molecular complexity index is 1000. The van der Waals surface area contributed by atoms with Gasteiger partial charge >= 0.3 is 0 Å². The van der Waals surface area contributed by atoms with Crippen LogP contribution in [-0.2, 0) is 0 Å². The molecule has 1 unspecified atom stereocenters. The first kappa shape index (κ1) is 17.7. The van der Waals surface area contributed by atoms with Crippen LogP contribution >= 0.6 is 23.4 Å². The number of hydrogen-bond donors (Lipinski definition) is 4. The van der Waals surface area contributed by atoms with E-state index in [1.807, 2.05) is 30.7 Å². The van der Waals surface area contributed by atoms with E-state index in [-0.39, 0.29) is 23.0 Å². The molecule has 1 aliphatic heterocycles. The highest BCUT2D eigenvalue weighted by molar-refractivity contribution is 7.98. The Hall–Kier alpha value is -3.14. The molecule has 0 aliphatic carbocycles. The topological polar surface area (TPSA) is 149 Å². The molecule has 10 heteroatoms. The van der Waals surface area contributed by atoms with Crippen molar-refractivity contribution in [3.05, 3.63) is 39.9 Å². The normalized spacial score (nSPS) is 15.1. The number of rotatable bonds is 2. The number of aromatic nitrogens is 1. The maximum Gasteiger partial charge on any atom is 0.211 e. The second kappa shape index (κ2) is 7.00. The summed E-state index contributed by atoms with van der Waals surface area (Å²) in [5.41, 5.74) is 13.5. The third kappa shape index (κ3) is 2.84. The van der Waals surface area contributed by atoms with Gasteiger partial charge in [-0.3, -0.25) is 5.32 Å². The summed E-state index contributed by atoms with van der Waals surface area (Å²) in [7, 11) is 0. The van der Waals surface area contributed by atoms with E-state index >= 15 is 0 Å². The van der Waals surface area contributed by atoms with Crippen molar-refractivity contribution in [2.24, 2.45) is 4.99 Å². The van der Waals surface area contributed by atoms with Crippen molar-refractivity contribution in [2.75, 3.05) is 23.0 Å². The number of halogens is 1. The third-order valence-corrected chi connectivity index (χ3v) is 4.99.